The molecular formula is C21H23N3. The van der Waals surface area contributed by atoms with Crippen molar-refractivity contribution in [2.75, 3.05) is 13.1 Å². The Kier molecular flexibility index (Phi) is 4.26. The van der Waals surface area contributed by atoms with E-state index in [1.165, 1.54) is 47.8 Å². The quantitative estimate of drug-likeness (QED) is 0.717. The van der Waals surface area contributed by atoms with Gasteiger partial charge in [0, 0.05) is 30.5 Å². The van der Waals surface area contributed by atoms with Crippen LogP contribution in [0.5, 0.6) is 0 Å². The van der Waals surface area contributed by atoms with Crippen LogP contribution < -0.4 is 0 Å². The molecular weight excluding hydrogens is 294 g/mol. The van der Waals surface area contributed by atoms with E-state index >= 15 is 0 Å². The standard InChI is InChI=1S/C21H23N3/c1-16-3-2-9-24(16)10-8-17-4-5-19-12-20(7-6-18(19)11-17)21-13-22-15-23-14-21/h4-7,11-16H,2-3,8-10H2,1H3/t16-/m1/s1. The fraction of sp³-hybridized carbons (Fsp3) is 0.333. The van der Waals surface area contributed by atoms with E-state index in [2.05, 4.69) is 58.2 Å². The van der Waals surface area contributed by atoms with Gasteiger partial charge in [0.15, 0.2) is 0 Å². The predicted molar refractivity (Wildman–Crippen MR) is 98.9 cm³/mol. The molecule has 1 aliphatic heterocycles. The third-order valence-corrected chi connectivity index (χ3v) is 5.18. The lowest BCUT2D eigenvalue weighted by atomic mass is 10.0. The molecule has 3 heteroatoms. The second-order valence-electron chi connectivity index (χ2n) is 6.80. The molecule has 3 aromatic rings. The van der Waals surface area contributed by atoms with Crippen molar-refractivity contribution in [3.8, 4) is 11.1 Å². The van der Waals surface area contributed by atoms with Crippen LogP contribution in [0.3, 0.4) is 0 Å². The average Bonchev–Trinajstić information content (AvgIpc) is 3.05. The largest absolute Gasteiger partial charge is 0.300 e. The number of hydrogen-bond acceptors (Lipinski definition) is 3. The number of rotatable bonds is 4. The summed E-state index contributed by atoms with van der Waals surface area (Å²) in [6.07, 6.45) is 9.13. The van der Waals surface area contributed by atoms with E-state index < -0.39 is 0 Å². The lowest BCUT2D eigenvalue weighted by Crippen LogP contribution is -2.28. The van der Waals surface area contributed by atoms with Crippen molar-refractivity contribution >= 4 is 10.8 Å². The van der Waals surface area contributed by atoms with Gasteiger partial charge in [0.2, 0.25) is 0 Å². The van der Waals surface area contributed by atoms with Gasteiger partial charge >= 0.3 is 0 Å². The van der Waals surface area contributed by atoms with Gasteiger partial charge in [-0.3, -0.25) is 0 Å². The SMILES string of the molecule is C[C@@H]1CCCN1CCc1ccc2cc(-c3cncnc3)ccc2c1. The number of benzene rings is 2. The molecule has 0 bridgehead atoms. The molecule has 1 atom stereocenters. The van der Waals surface area contributed by atoms with E-state index in [0.29, 0.717) is 0 Å². The van der Waals surface area contributed by atoms with Crippen molar-refractivity contribution in [2.45, 2.75) is 32.2 Å². The third kappa shape index (κ3) is 3.17. The smallest absolute Gasteiger partial charge is 0.115 e. The summed E-state index contributed by atoms with van der Waals surface area (Å²) < 4.78 is 0. The van der Waals surface area contributed by atoms with Crippen LogP contribution in [0.4, 0.5) is 0 Å². The highest BCUT2D eigenvalue weighted by molar-refractivity contribution is 5.87. The summed E-state index contributed by atoms with van der Waals surface area (Å²) in [6, 6.07) is 14.2. The molecule has 4 rings (SSSR count). The fourth-order valence-electron chi connectivity index (χ4n) is 3.68. The highest BCUT2D eigenvalue weighted by Crippen LogP contribution is 2.25. The summed E-state index contributed by atoms with van der Waals surface area (Å²) >= 11 is 0. The van der Waals surface area contributed by atoms with Gasteiger partial charge in [0.05, 0.1) is 0 Å². The number of nitrogens with zero attached hydrogens (tertiary/aromatic N) is 3. The first-order valence-electron chi connectivity index (χ1n) is 8.82. The maximum atomic E-state index is 4.11. The van der Waals surface area contributed by atoms with Crippen molar-refractivity contribution in [1.82, 2.24) is 14.9 Å². The van der Waals surface area contributed by atoms with Crippen LogP contribution in [0.1, 0.15) is 25.3 Å². The van der Waals surface area contributed by atoms with Crippen LogP contribution in [0.25, 0.3) is 21.9 Å². The molecule has 1 aromatic heterocycles. The van der Waals surface area contributed by atoms with Crippen LogP contribution in [-0.2, 0) is 6.42 Å². The molecule has 24 heavy (non-hydrogen) atoms. The molecule has 1 saturated heterocycles. The summed E-state index contributed by atoms with van der Waals surface area (Å²) in [4.78, 5) is 10.8. The first-order chi connectivity index (χ1) is 11.8. The van der Waals surface area contributed by atoms with Crippen molar-refractivity contribution in [3.63, 3.8) is 0 Å². The average molecular weight is 317 g/mol. The van der Waals surface area contributed by atoms with Crippen LogP contribution in [0.2, 0.25) is 0 Å². The zero-order valence-corrected chi connectivity index (χ0v) is 14.2. The minimum absolute atomic E-state index is 0.751. The Morgan fingerprint density at radius 3 is 2.58 bits per heavy atom. The molecule has 0 aliphatic carbocycles. The highest BCUT2D eigenvalue weighted by atomic mass is 15.2. The molecule has 0 N–H and O–H groups in total. The second-order valence-corrected chi connectivity index (χ2v) is 6.80. The van der Waals surface area contributed by atoms with E-state index in [1.807, 2.05) is 12.4 Å². The van der Waals surface area contributed by atoms with Crippen LogP contribution >= 0.6 is 0 Å². The fourth-order valence-corrected chi connectivity index (χ4v) is 3.68. The van der Waals surface area contributed by atoms with Crippen molar-refractivity contribution < 1.29 is 0 Å². The van der Waals surface area contributed by atoms with Gasteiger partial charge in [-0.2, -0.15) is 0 Å². The molecule has 0 unspecified atom stereocenters. The molecule has 1 aliphatic rings. The number of aromatic nitrogens is 2. The number of fused-ring (bicyclic) bond motifs is 1. The molecule has 0 spiro atoms. The zero-order chi connectivity index (χ0) is 16.4. The Bertz CT molecular complexity index is 829. The van der Waals surface area contributed by atoms with Crippen molar-refractivity contribution in [2.24, 2.45) is 0 Å². The Morgan fingerprint density at radius 2 is 1.79 bits per heavy atom. The Labute approximate surface area is 143 Å². The first-order valence-corrected chi connectivity index (χ1v) is 8.82. The van der Waals surface area contributed by atoms with Crippen molar-refractivity contribution in [1.29, 1.82) is 0 Å². The number of likely N-dealkylation sites (tertiary alicyclic amines) is 1. The maximum Gasteiger partial charge on any atom is 0.115 e. The lowest BCUT2D eigenvalue weighted by Gasteiger charge is -2.20. The number of hydrogen-bond donors (Lipinski definition) is 0. The summed E-state index contributed by atoms with van der Waals surface area (Å²) in [7, 11) is 0. The van der Waals surface area contributed by atoms with Crippen LogP contribution in [0, 0.1) is 0 Å². The monoisotopic (exact) mass is 317 g/mol. The van der Waals surface area contributed by atoms with E-state index in [9.17, 15) is 0 Å². The molecule has 0 radical (unpaired) electrons. The van der Waals surface area contributed by atoms with Gasteiger partial charge in [-0.05, 0) is 60.7 Å². The minimum atomic E-state index is 0.751. The lowest BCUT2D eigenvalue weighted by molar-refractivity contribution is 0.272. The van der Waals surface area contributed by atoms with Crippen LogP contribution in [-0.4, -0.2) is 34.0 Å². The molecule has 2 heterocycles. The van der Waals surface area contributed by atoms with E-state index in [1.54, 1.807) is 6.33 Å². The molecule has 0 amide bonds. The summed E-state index contributed by atoms with van der Waals surface area (Å²) in [5.41, 5.74) is 3.66. The van der Waals surface area contributed by atoms with Gasteiger partial charge < -0.3 is 4.90 Å². The van der Waals surface area contributed by atoms with E-state index in [0.717, 1.165) is 18.0 Å². The van der Waals surface area contributed by atoms with E-state index in [-0.39, 0.29) is 0 Å². The minimum Gasteiger partial charge on any atom is -0.300 e. The Balaban J connectivity index is 1.53. The van der Waals surface area contributed by atoms with Gasteiger partial charge in [0.25, 0.3) is 0 Å². The van der Waals surface area contributed by atoms with Gasteiger partial charge in [-0.25, -0.2) is 9.97 Å². The summed E-state index contributed by atoms with van der Waals surface area (Å²) in [5, 5.41) is 2.58. The Morgan fingerprint density at radius 1 is 1.00 bits per heavy atom. The molecule has 0 saturated carbocycles. The molecule has 122 valence electrons. The normalized spacial score (nSPS) is 18.3. The summed E-state index contributed by atoms with van der Waals surface area (Å²) in [5.74, 6) is 0. The van der Waals surface area contributed by atoms with Crippen LogP contribution in [0.15, 0.2) is 55.1 Å². The van der Waals surface area contributed by atoms with Crippen molar-refractivity contribution in [3.05, 3.63) is 60.7 Å². The second kappa shape index (κ2) is 6.70. The Hall–Kier alpha value is -2.26. The van der Waals surface area contributed by atoms with Gasteiger partial charge in [-0.15, -0.1) is 0 Å². The van der Waals surface area contributed by atoms with Gasteiger partial charge in [0.1, 0.15) is 6.33 Å². The van der Waals surface area contributed by atoms with Gasteiger partial charge in [-0.1, -0.05) is 30.3 Å². The molecule has 3 nitrogen and oxygen atoms in total. The topological polar surface area (TPSA) is 29.0 Å². The third-order valence-electron chi connectivity index (χ3n) is 5.18. The highest BCUT2D eigenvalue weighted by Gasteiger charge is 2.19. The first kappa shape index (κ1) is 15.3. The van der Waals surface area contributed by atoms with E-state index in [4.69, 9.17) is 0 Å². The maximum absolute atomic E-state index is 4.11. The molecule has 1 fully saturated rings. The summed E-state index contributed by atoms with van der Waals surface area (Å²) in [6.45, 7) is 4.78. The predicted octanol–water partition coefficient (Wildman–Crippen LogP) is 4.32. The zero-order valence-electron chi connectivity index (χ0n) is 14.2. The molecule has 2 aromatic carbocycles.